The molecule has 1 aromatic carbocycles. The number of amides is 2. The van der Waals surface area contributed by atoms with Crippen LogP contribution in [-0.4, -0.2) is 22.6 Å². The van der Waals surface area contributed by atoms with Gasteiger partial charge in [0, 0.05) is 18.3 Å². The van der Waals surface area contributed by atoms with E-state index in [1.807, 2.05) is 13.0 Å². The minimum Gasteiger partial charge on any atom is -0.359 e. The highest BCUT2D eigenvalue weighted by Gasteiger charge is 2.32. The van der Waals surface area contributed by atoms with E-state index in [4.69, 9.17) is 4.52 Å². The molecule has 0 aliphatic carbocycles. The van der Waals surface area contributed by atoms with E-state index >= 15 is 0 Å². The van der Waals surface area contributed by atoms with Gasteiger partial charge in [-0.05, 0) is 38.0 Å². The molecule has 1 aromatic heterocycles. The Bertz CT molecular complexity index is 656. The second kappa shape index (κ2) is 5.55. The number of carbonyl (C=O) groups excluding carboxylic acids is 1. The Morgan fingerprint density at radius 2 is 2.33 bits per heavy atom. The summed E-state index contributed by atoms with van der Waals surface area (Å²) in [6.45, 7) is 2.49. The molecule has 1 aliphatic heterocycles. The molecule has 2 aromatic rings. The summed E-state index contributed by atoms with van der Waals surface area (Å²) in [5.74, 6) is 0.316. The topological polar surface area (TPSA) is 58.4 Å². The Hall–Kier alpha value is -2.37. The Balaban J connectivity index is 1.74. The first-order valence-electron chi connectivity index (χ1n) is 6.90. The van der Waals surface area contributed by atoms with Crippen molar-refractivity contribution in [2.45, 2.75) is 25.8 Å². The third-order valence-corrected chi connectivity index (χ3v) is 3.56. The van der Waals surface area contributed by atoms with Gasteiger partial charge in [-0.2, -0.15) is 0 Å². The summed E-state index contributed by atoms with van der Waals surface area (Å²) in [5.41, 5.74) is 1.24. The molecule has 1 fully saturated rings. The Kier molecular flexibility index (Phi) is 3.60. The monoisotopic (exact) mass is 289 g/mol. The van der Waals surface area contributed by atoms with Crippen molar-refractivity contribution in [3.8, 4) is 0 Å². The highest BCUT2D eigenvalue weighted by molar-refractivity contribution is 5.89. The molecule has 2 amide bonds. The number of hydrogen-bond acceptors (Lipinski definition) is 3. The number of hydrogen-bond donors (Lipinski definition) is 1. The molecule has 1 atom stereocenters. The number of nitrogens with zero attached hydrogens (tertiary/aromatic N) is 2. The highest BCUT2D eigenvalue weighted by Crippen LogP contribution is 2.32. The van der Waals surface area contributed by atoms with Crippen LogP contribution in [0.2, 0.25) is 0 Å². The highest BCUT2D eigenvalue weighted by atomic mass is 19.1. The van der Waals surface area contributed by atoms with Gasteiger partial charge in [-0.15, -0.1) is 0 Å². The van der Waals surface area contributed by atoms with Gasteiger partial charge in [0.15, 0.2) is 5.76 Å². The van der Waals surface area contributed by atoms with Gasteiger partial charge >= 0.3 is 6.03 Å². The van der Waals surface area contributed by atoms with Crippen molar-refractivity contribution < 1.29 is 13.7 Å². The number of halogens is 1. The summed E-state index contributed by atoms with van der Waals surface area (Å²) >= 11 is 0. The first kappa shape index (κ1) is 13.6. The average molecular weight is 289 g/mol. The number of carbonyl (C=O) groups is 1. The lowest BCUT2D eigenvalue weighted by Gasteiger charge is -2.23. The van der Waals surface area contributed by atoms with Crippen LogP contribution in [0.1, 0.15) is 30.3 Å². The van der Waals surface area contributed by atoms with Crippen LogP contribution in [0.3, 0.4) is 0 Å². The third kappa shape index (κ3) is 2.89. The quantitative estimate of drug-likeness (QED) is 0.920. The maximum Gasteiger partial charge on any atom is 0.322 e. The molecule has 2 heterocycles. The van der Waals surface area contributed by atoms with Gasteiger partial charge in [0.2, 0.25) is 0 Å². The molecule has 0 saturated carbocycles. The number of benzene rings is 1. The van der Waals surface area contributed by atoms with Gasteiger partial charge in [-0.3, -0.25) is 0 Å². The largest absolute Gasteiger partial charge is 0.359 e. The maximum atomic E-state index is 13.2. The van der Waals surface area contributed by atoms with Gasteiger partial charge < -0.3 is 14.7 Å². The summed E-state index contributed by atoms with van der Waals surface area (Å²) in [6.07, 6.45) is 1.74. The van der Waals surface area contributed by atoms with Crippen molar-refractivity contribution in [1.29, 1.82) is 0 Å². The number of urea groups is 1. The molecule has 110 valence electrons. The first-order chi connectivity index (χ1) is 10.1. The summed E-state index contributed by atoms with van der Waals surface area (Å²) in [7, 11) is 0. The minimum atomic E-state index is -0.378. The normalized spacial score (nSPS) is 18.0. The van der Waals surface area contributed by atoms with Crippen LogP contribution in [0.25, 0.3) is 0 Å². The van der Waals surface area contributed by atoms with Crippen molar-refractivity contribution in [3.63, 3.8) is 0 Å². The molecule has 0 bridgehead atoms. The van der Waals surface area contributed by atoms with Crippen molar-refractivity contribution in [3.05, 3.63) is 47.6 Å². The molecular weight excluding hydrogens is 273 g/mol. The van der Waals surface area contributed by atoms with Crippen LogP contribution < -0.4 is 5.32 Å². The van der Waals surface area contributed by atoms with Gasteiger partial charge in [0.25, 0.3) is 0 Å². The number of anilines is 1. The lowest BCUT2D eigenvalue weighted by molar-refractivity contribution is 0.195. The summed E-state index contributed by atoms with van der Waals surface area (Å²) in [5, 5.41) is 6.58. The molecule has 3 rings (SSSR count). The van der Waals surface area contributed by atoms with E-state index in [1.54, 1.807) is 17.0 Å². The Labute approximate surface area is 121 Å². The van der Waals surface area contributed by atoms with Gasteiger partial charge in [-0.25, -0.2) is 9.18 Å². The van der Waals surface area contributed by atoms with E-state index in [2.05, 4.69) is 10.5 Å². The van der Waals surface area contributed by atoms with E-state index < -0.39 is 0 Å². The van der Waals surface area contributed by atoms with Gasteiger partial charge in [0.05, 0.1) is 11.7 Å². The number of aromatic nitrogens is 1. The maximum absolute atomic E-state index is 13.2. The lowest BCUT2D eigenvalue weighted by atomic mass is 10.1. The van der Waals surface area contributed by atoms with Crippen LogP contribution in [0.5, 0.6) is 0 Å². The van der Waals surface area contributed by atoms with Gasteiger partial charge in [-0.1, -0.05) is 11.2 Å². The number of likely N-dealkylation sites (tertiary alicyclic amines) is 1. The molecule has 5 nitrogen and oxygen atoms in total. The standard InChI is InChI=1S/C15H16FN3O2/c1-10-8-14(21-18-10)13-6-3-7-19(13)15(20)17-12-5-2-4-11(16)9-12/h2,4-5,8-9,13H,3,6-7H2,1H3,(H,17,20)/t13-/m1/s1. The van der Waals surface area contributed by atoms with Crippen LogP contribution in [0, 0.1) is 12.7 Å². The number of rotatable bonds is 2. The van der Waals surface area contributed by atoms with Crippen molar-refractivity contribution in [2.75, 3.05) is 11.9 Å². The molecule has 21 heavy (non-hydrogen) atoms. The van der Waals surface area contributed by atoms with E-state index in [1.165, 1.54) is 12.1 Å². The van der Waals surface area contributed by atoms with Crippen molar-refractivity contribution in [2.24, 2.45) is 0 Å². The lowest BCUT2D eigenvalue weighted by Crippen LogP contribution is -2.34. The second-order valence-corrected chi connectivity index (χ2v) is 5.16. The van der Waals surface area contributed by atoms with Crippen molar-refractivity contribution >= 4 is 11.7 Å². The van der Waals surface area contributed by atoms with Crippen LogP contribution in [0.4, 0.5) is 14.9 Å². The number of aryl methyl sites for hydroxylation is 1. The SMILES string of the molecule is Cc1cc([C@H]2CCCN2C(=O)Nc2cccc(F)c2)on1. The zero-order valence-corrected chi connectivity index (χ0v) is 11.7. The van der Waals surface area contributed by atoms with E-state index in [0.29, 0.717) is 18.0 Å². The first-order valence-corrected chi connectivity index (χ1v) is 6.90. The molecule has 1 aliphatic rings. The molecular formula is C15H16FN3O2. The molecule has 0 unspecified atom stereocenters. The fourth-order valence-corrected chi connectivity index (χ4v) is 2.61. The molecule has 1 N–H and O–H groups in total. The van der Waals surface area contributed by atoms with Crippen LogP contribution in [0.15, 0.2) is 34.9 Å². The van der Waals surface area contributed by atoms with Gasteiger partial charge in [0.1, 0.15) is 5.82 Å². The predicted molar refractivity (Wildman–Crippen MR) is 75.3 cm³/mol. The minimum absolute atomic E-state index is 0.111. The molecule has 6 heteroatoms. The predicted octanol–water partition coefficient (Wildman–Crippen LogP) is 3.49. The van der Waals surface area contributed by atoms with Crippen molar-refractivity contribution in [1.82, 2.24) is 10.1 Å². The summed E-state index contributed by atoms with van der Waals surface area (Å²) in [4.78, 5) is 14.0. The van der Waals surface area contributed by atoms with E-state index in [9.17, 15) is 9.18 Å². The van der Waals surface area contributed by atoms with Crippen LogP contribution in [-0.2, 0) is 0 Å². The molecule has 1 saturated heterocycles. The third-order valence-electron chi connectivity index (χ3n) is 3.56. The number of nitrogens with one attached hydrogen (secondary N) is 1. The Morgan fingerprint density at radius 3 is 3.05 bits per heavy atom. The van der Waals surface area contributed by atoms with Crippen LogP contribution >= 0.6 is 0 Å². The molecule has 0 radical (unpaired) electrons. The second-order valence-electron chi connectivity index (χ2n) is 5.16. The zero-order chi connectivity index (χ0) is 14.8. The zero-order valence-electron chi connectivity index (χ0n) is 11.7. The van der Waals surface area contributed by atoms with E-state index in [0.717, 1.165) is 18.5 Å². The van der Waals surface area contributed by atoms with E-state index in [-0.39, 0.29) is 17.9 Å². The fourth-order valence-electron chi connectivity index (χ4n) is 2.61. The average Bonchev–Trinajstić information content (AvgIpc) is 3.06. The Morgan fingerprint density at radius 1 is 1.48 bits per heavy atom. The fraction of sp³-hybridized carbons (Fsp3) is 0.333. The molecule has 0 spiro atoms. The summed E-state index contributed by atoms with van der Waals surface area (Å²) in [6, 6.07) is 7.33. The smallest absolute Gasteiger partial charge is 0.322 e. The summed E-state index contributed by atoms with van der Waals surface area (Å²) < 4.78 is 18.4.